The maximum Gasteiger partial charge on any atom is 0.198 e. The lowest BCUT2D eigenvalue weighted by atomic mass is 10.2. The molecule has 1 aliphatic rings. The molecule has 0 radical (unpaired) electrons. The van der Waals surface area contributed by atoms with Crippen LogP contribution in [0.1, 0.15) is 18.4 Å². The Morgan fingerprint density at radius 1 is 1.47 bits per heavy atom. The summed E-state index contributed by atoms with van der Waals surface area (Å²) < 4.78 is 5.18. The van der Waals surface area contributed by atoms with Crippen molar-refractivity contribution in [2.75, 3.05) is 7.11 Å². The average Bonchev–Trinajstić information content (AvgIpc) is 3.10. The van der Waals surface area contributed by atoms with Crippen molar-refractivity contribution in [1.29, 1.82) is 0 Å². The average molecular weight is 230 g/mol. The minimum atomic E-state index is 0.164. The number of nitrogens with zero attached hydrogens (tertiary/aromatic N) is 1. The van der Waals surface area contributed by atoms with Gasteiger partial charge >= 0.3 is 0 Å². The third-order valence-corrected chi connectivity index (χ3v) is 2.99. The number of methoxy groups -OCH3 is 1. The third kappa shape index (κ3) is 1.86. The number of aromatic nitrogens is 1. The van der Waals surface area contributed by atoms with Gasteiger partial charge in [-0.15, -0.1) is 0 Å². The summed E-state index contributed by atoms with van der Waals surface area (Å²) >= 11 is 0. The molecule has 4 heteroatoms. The zero-order valence-corrected chi connectivity index (χ0v) is 9.60. The highest BCUT2D eigenvalue weighted by Crippen LogP contribution is 2.30. The first kappa shape index (κ1) is 10.2. The van der Waals surface area contributed by atoms with Crippen molar-refractivity contribution in [3.8, 4) is 11.6 Å². The van der Waals surface area contributed by atoms with Crippen LogP contribution in [0.3, 0.4) is 0 Å². The zero-order valence-electron chi connectivity index (χ0n) is 9.60. The summed E-state index contributed by atoms with van der Waals surface area (Å²) in [5.74, 6) is 0.940. The van der Waals surface area contributed by atoms with Crippen LogP contribution < -0.4 is 4.74 Å². The second-order valence-corrected chi connectivity index (χ2v) is 4.31. The molecule has 1 fully saturated rings. The highest BCUT2D eigenvalue weighted by Gasteiger charge is 2.19. The number of H-pyrrole nitrogens is 1. The molecule has 0 saturated heterocycles. The monoisotopic (exact) mass is 230 g/mol. The van der Waals surface area contributed by atoms with E-state index in [0.717, 1.165) is 35.1 Å². The Hall–Kier alpha value is -1.97. The van der Waals surface area contributed by atoms with Gasteiger partial charge in [-0.3, -0.25) is 4.99 Å². The first-order chi connectivity index (χ1) is 8.28. The number of hydrogen-bond donors (Lipinski definition) is 2. The van der Waals surface area contributed by atoms with E-state index in [1.165, 1.54) is 0 Å². The van der Waals surface area contributed by atoms with Crippen molar-refractivity contribution >= 4 is 17.1 Å². The lowest BCUT2D eigenvalue weighted by Crippen LogP contribution is -1.84. The van der Waals surface area contributed by atoms with E-state index in [0.29, 0.717) is 6.04 Å². The topological polar surface area (TPSA) is 57.6 Å². The van der Waals surface area contributed by atoms with Crippen LogP contribution in [0.4, 0.5) is 0 Å². The van der Waals surface area contributed by atoms with Gasteiger partial charge in [0, 0.05) is 17.1 Å². The van der Waals surface area contributed by atoms with E-state index in [1.807, 2.05) is 18.2 Å². The summed E-state index contributed by atoms with van der Waals surface area (Å²) in [4.78, 5) is 7.33. The van der Waals surface area contributed by atoms with Gasteiger partial charge < -0.3 is 14.8 Å². The number of aromatic amines is 1. The molecule has 3 rings (SSSR count). The molecule has 1 heterocycles. The van der Waals surface area contributed by atoms with Crippen LogP contribution in [0.5, 0.6) is 11.6 Å². The molecule has 1 aromatic carbocycles. The molecule has 88 valence electrons. The van der Waals surface area contributed by atoms with Gasteiger partial charge in [0.1, 0.15) is 5.75 Å². The van der Waals surface area contributed by atoms with Crippen molar-refractivity contribution in [2.24, 2.45) is 4.99 Å². The predicted molar refractivity (Wildman–Crippen MR) is 67.1 cm³/mol. The molecule has 2 aromatic rings. The van der Waals surface area contributed by atoms with Crippen LogP contribution in [0.25, 0.3) is 10.9 Å². The summed E-state index contributed by atoms with van der Waals surface area (Å²) in [6.07, 6.45) is 4.07. The summed E-state index contributed by atoms with van der Waals surface area (Å²) in [5, 5.41) is 10.8. The zero-order chi connectivity index (χ0) is 11.8. The number of nitrogens with one attached hydrogen (secondary N) is 1. The van der Waals surface area contributed by atoms with E-state index in [4.69, 9.17) is 4.74 Å². The Morgan fingerprint density at radius 3 is 3.00 bits per heavy atom. The van der Waals surface area contributed by atoms with Crippen LogP contribution in [0.15, 0.2) is 23.2 Å². The fraction of sp³-hybridized carbons (Fsp3) is 0.308. The number of benzene rings is 1. The van der Waals surface area contributed by atoms with Gasteiger partial charge in [-0.05, 0) is 31.0 Å². The molecule has 0 amide bonds. The van der Waals surface area contributed by atoms with Crippen molar-refractivity contribution in [3.63, 3.8) is 0 Å². The Bertz CT molecular complexity index is 582. The van der Waals surface area contributed by atoms with Gasteiger partial charge in [0.25, 0.3) is 0 Å². The highest BCUT2D eigenvalue weighted by atomic mass is 16.5. The fourth-order valence-electron chi connectivity index (χ4n) is 1.84. The van der Waals surface area contributed by atoms with E-state index in [1.54, 1.807) is 13.3 Å². The van der Waals surface area contributed by atoms with E-state index in [2.05, 4.69) is 9.98 Å². The van der Waals surface area contributed by atoms with Crippen LogP contribution in [-0.4, -0.2) is 29.5 Å². The number of fused-ring (bicyclic) bond motifs is 1. The lowest BCUT2D eigenvalue weighted by molar-refractivity contribution is 0.415. The highest BCUT2D eigenvalue weighted by molar-refractivity contribution is 6.02. The summed E-state index contributed by atoms with van der Waals surface area (Å²) in [6, 6.07) is 6.10. The van der Waals surface area contributed by atoms with Crippen molar-refractivity contribution in [3.05, 3.63) is 23.8 Å². The molecule has 1 aliphatic carbocycles. The van der Waals surface area contributed by atoms with E-state index >= 15 is 0 Å². The maximum absolute atomic E-state index is 9.84. The molecule has 0 aliphatic heterocycles. The van der Waals surface area contributed by atoms with Gasteiger partial charge in [0.15, 0.2) is 5.88 Å². The summed E-state index contributed by atoms with van der Waals surface area (Å²) in [6.45, 7) is 0. The SMILES string of the molecule is COc1ccc2[nH]c(O)c(C=NC3CC3)c2c1. The Labute approximate surface area is 98.9 Å². The molecule has 0 bridgehead atoms. The predicted octanol–water partition coefficient (Wildman–Crippen LogP) is 2.46. The van der Waals surface area contributed by atoms with E-state index in [9.17, 15) is 5.11 Å². The lowest BCUT2D eigenvalue weighted by Gasteiger charge is -1.99. The number of aliphatic imine (C=N–C) groups is 1. The molecule has 1 aromatic heterocycles. The van der Waals surface area contributed by atoms with Crippen LogP contribution in [0.2, 0.25) is 0 Å². The second-order valence-electron chi connectivity index (χ2n) is 4.31. The molecule has 1 saturated carbocycles. The molecule has 0 unspecified atom stereocenters. The number of hydrogen-bond acceptors (Lipinski definition) is 3. The molecule has 0 spiro atoms. The van der Waals surface area contributed by atoms with Crippen LogP contribution in [-0.2, 0) is 0 Å². The largest absolute Gasteiger partial charge is 0.497 e. The van der Waals surface area contributed by atoms with Crippen LogP contribution >= 0.6 is 0 Å². The van der Waals surface area contributed by atoms with Crippen molar-refractivity contribution < 1.29 is 9.84 Å². The standard InChI is InChI=1S/C13H14N2O2/c1-17-9-4-5-12-10(6-9)11(13(16)15-12)7-14-8-2-3-8/h4-8,15-16H,2-3H2,1H3. The van der Waals surface area contributed by atoms with Crippen molar-refractivity contribution in [1.82, 2.24) is 4.98 Å². The van der Waals surface area contributed by atoms with Crippen LogP contribution in [0, 0.1) is 0 Å². The molecule has 2 N–H and O–H groups in total. The molecule has 4 nitrogen and oxygen atoms in total. The second kappa shape index (κ2) is 3.80. The number of rotatable bonds is 3. The Kier molecular flexibility index (Phi) is 2.28. The summed E-state index contributed by atoms with van der Waals surface area (Å²) in [5.41, 5.74) is 1.63. The van der Waals surface area contributed by atoms with Gasteiger partial charge in [0.05, 0.1) is 18.7 Å². The first-order valence-corrected chi connectivity index (χ1v) is 5.70. The molecular weight excluding hydrogens is 216 g/mol. The fourth-order valence-corrected chi connectivity index (χ4v) is 1.84. The Balaban J connectivity index is 2.09. The van der Waals surface area contributed by atoms with Gasteiger partial charge in [0.2, 0.25) is 0 Å². The normalized spacial score (nSPS) is 15.8. The summed E-state index contributed by atoms with van der Waals surface area (Å²) in [7, 11) is 1.63. The molecular formula is C13H14N2O2. The first-order valence-electron chi connectivity index (χ1n) is 5.70. The minimum Gasteiger partial charge on any atom is -0.497 e. The third-order valence-electron chi connectivity index (χ3n) is 2.99. The van der Waals surface area contributed by atoms with E-state index < -0.39 is 0 Å². The smallest absolute Gasteiger partial charge is 0.198 e. The molecule has 0 atom stereocenters. The Morgan fingerprint density at radius 2 is 2.29 bits per heavy atom. The number of aromatic hydroxyl groups is 1. The van der Waals surface area contributed by atoms with Gasteiger partial charge in [-0.25, -0.2) is 0 Å². The van der Waals surface area contributed by atoms with Gasteiger partial charge in [-0.1, -0.05) is 0 Å². The number of ether oxygens (including phenoxy) is 1. The van der Waals surface area contributed by atoms with Gasteiger partial charge in [-0.2, -0.15) is 0 Å². The van der Waals surface area contributed by atoms with Crippen molar-refractivity contribution in [2.45, 2.75) is 18.9 Å². The quantitative estimate of drug-likeness (QED) is 0.796. The maximum atomic E-state index is 9.84. The molecule has 17 heavy (non-hydrogen) atoms. The van der Waals surface area contributed by atoms with E-state index in [-0.39, 0.29) is 5.88 Å². The minimum absolute atomic E-state index is 0.164.